The third-order valence-corrected chi connectivity index (χ3v) is 1.76. The van der Waals surface area contributed by atoms with Gasteiger partial charge in [0.1, 0.15) is 6.42 Å². The molecule has 0 saturated heterocycles. The van der Waals surface area contributed by atoms with Crippen LogP contribution >= 0.6 is 0 Å². The Kier molecular flexibility index (Phi) is 6.49. The highest BCUT2D eigenvalue weighted by atomic mass is 19.4. The van der Waals surface area contributed by atoms with Crippen molar-refractivity contribution in [3.63, 3.8) is 0 Å². The maximum absolute atomic E-state index is 12.0. The van der Waals surface area contributed by atoms with Gasteiger partial charge in [-0.2, -0.15) is 18.4 Å². The van der Waals surface area contributed by atoms with Crippen molar-refractivity contribution in [1.82, 2.24) is 4.90 Å². The van der Waals surface area contributed by atoms with Crippen molar-refractivity contribution in [1.29, 1.82) is 5.26 Å². The quantitative estimate of drug-likeness (QED) is 0.701. The summed E-state index contributed by atoms with van der Waals surface area (Å²) in [5.41, 5.74) is 0. The van der Waals surface area contributed by atoms with Crippen molar-refractivity contribution in [2.45, 2.75) is 19.0 Å². The van der Waals surface area contributed by atoms with Crippen molar-refractivity contribution in [2.75, 3.05) is 26.8 Å². The van der Waals surface area contributed by atoms with Crippen LogP contribution in [0.1, 0.15) is 12.8 Å². The highest BCUT2D eigenvalue weighted by Crippen LogP contribution is 2.20. The Bertz CT molecular complexity index is 260. The Labute approximate surface area is 91.6 Å². The number of carbonyl (C=O) groups is 1. The normalized spacial score (nSPS) is 10.9. The highest BCUT2D eigenvalue weighted by molar-refractivity contribution is 5.76. The van der Waals surface area contributed by atoms with E-state index in [9.17, 15) is 18.0 Å². The zero-order valence-corrected chi connectivity index (χ0v) is 8.88. The van der Waals surface area contributed by atoms with E-state index in [2.05, 4.69) is 4.74 Å². The molecule has 16 heavy (non-hydrogen) atoms. The van der Waals surface area contributed by atoms with Crippen molar-refractivity contribution in [3.05, 3.63) is 0 Å². The van der Waals surface area contributed by atoms with Crippen molar-refractivity contribution >= 4 is 5.91 Å². The van der Waals surface area contributed by atoms with E-state index < -0.39 is 18.5 Å². The summed E-state index contributed by atoms with van der Waals surface area (Å²) < 4.78 is 40.6. The van der Waals surface area contributed by atoms with Crippen LogP contribution in [0.4, 0.5) is 13.2 Å². The number of methoxy groups -OCH3 is 1. The average Bonchev–Trinajstić information content (AvgIpc) is 2.15. The van der Waals surface area contributed by atoms with E-state index in [1.54, 1.807) is 6.07 Å². The number of nitrogens with zero attached hydrogens (tertiary/aromatic N) is 2. The molecule has 4 nitrogen and oxygen atoms in total. The molecule has 0 saturated carbocycles. The molecule has 0 aliphatic carbocycles. The SMILES string of the molecule is COCCN(CCC#N)C(=O)CC(F)(F)F. The number of alkyl halides is 3. The predicted octanol–water partition coefficient (Wildman–Crippen LogP) is 1.33. The van der Waals surface area contributed by atoms with Crippen LogP contribution < -0.4 is 0 Å². The van der Waals surface area contributed by atoms with E-state index in [1.165, 1.54) is 7.11 Å². The lowest BCUT2D eigenvalue weighted by Crippen LogP contribution is -2.37. The van der Waals surface area contributed by atoms with Gasteiger partial charge >= 0.3 is 6.18 Å². The molecular weight excluding hydrogens is 225 g/mol. The van der Waals surface area contributed by atoms with Gasteiger partial charge in [0.25, 0.3) is 0 Å². The molecule has 0 N–H and O–H groups in total. The lowest BCUT2D eigenvalue weighted by Gasteiger charge is -2.21. The molecule has 0 atom stereocenters. The monoisotopic (exact) mass is 238 g/mol. The van der Waals surface area contributed by atoms with E-state index in [0.717, 1.165) is 4.90 Å². The summed E-state index contributed by atoms with van der Waals surface area (Å²) in [5.74, 6) is -1.03. The average molecular weight is 238 g/mol. The van der Waals surface area contributed by atoms with Gasteiger partial charge in [-0.05, 0) is 0 Å². The topological polar surface area (TPSA) is 53.3 Å². The minimum absolute atomic E-state index is 0.00519. The van der Waals surface area contributed by atoms with Gasteiger partial charge in [0.15, 0.2) is 0 Å². The molecule has 0 bridgehead atoms. The second-order valence-corrected chi connectivity index (χ2v) is 3.07. The number of hydrogen-bond donors (Lipinski definition) is 0. The van der Waals surface area contributed by atoms with Crippen LogP contribution in [0.5, 0.6) is 0 Å². The van der Waals surface area contributed by atoms with Gasteiger partial charge in [-0.1, -0.05) is 0 Å². The molecule has 0 heterocycles. The number of ether oxygens (including phenoxy) is 1. The first kappa shape index (κ1) is 14.7. The van der Waals surface area contributed by atoms with Crippen LogP contribution in [0, 0.1) is 11.3 Å². The molecular formula is C9H13F3N2O2. The van der Waals surface area contributed by atoms with Gasteiger partial charge in [-0.3, -0.25) is 4.79 Å². The third-order valence-electron chi connectivity index (χ3n) is 1.76. The van der Waals surface area contributed by atoms with Crippen LogP contribution in [0.3, 0.4) is 0 Å². The third kappa shape index (κ3) is 7.06. The standard InChI is InChI=1S/C9H13F3N2O2/c1-16-6-5-14(4-2-3-13)8(15)7-9(10,11)12/h2,4-7H2,1H3. The number of nitriles is 1. The molecule has 0 aromatic carbocycles. The van der Waals surface area contributed by atoms with Crippen LogP contribution in [0.25, 0.3) is 0 Å². The highest BCUT2D eigenvalue weighted by Gasteiger charge is 2.33. The van der Waals surface area contributed by atoms with Crippen LogP contribution in [-0.2, 0) is 9.53 Å². The fourth-order valence-corrected chi connectivity index (χ4v) is 1.03. The Morgan fingerprint density at radius 1 is 1.44 bits per heavy atom. The molecule has 0 unspecified atom stereocenters. The molecule has 0 radical (unpaired) electrons. The number of amides is 1. The van der Waals surface area contributed by atoms with Crippen LogP contribution in [-0.4, -0.2) is 43.8 Å². The van der Waals surface area contributed by atoms with Crippen LogP contribution in [0.15, 0.2) is 0 Å². The largest absolute Gasteiger partial charge is 0.397 e. The number of hydrogen-bond acceptors (Lipinski definition) is 3. The number of carbonyl (C=O) groups excluding carboxylic acids is 1. The van der Waals surface area contributed by atoms with Gasteiger partial charge in [0, 0.05) is 20.2 Å². The molecule has 0 fully saturated rings. The minimum atomic E-state index is -4.52. The van der Waals surface area contributed by atoms with Crippen molar-refractivity contribution < 1.29 is 22.7 Å². The maximum atomic E-state index is 12.0. The fourth-order valence-electron chi connectivity index (χ4n) is 1.03. The number of rotatable bonds is 6. The summed E-state index contributed by atoms with van der Waals surface area (Å²) in [6.45, 7) is 0.205. The van der Waals surface area contributed by atoms with Gasteiger partial charge in [-0.15, -0.1) is 0 Å². The van der Waals surface area contributed by atoms with E-state index in [1.807, 2.05) is 0 Å². The second-order valence-electron chi connectivity index (χ2n) is 3.07. The number of halogens is 3. The maximum Gasteiger partial charge on any atom is 0.397 e. The Morgan fingerprint density at radius 3 is 2.50 bits per heavy atom. The summed E-state index contributed by atoms with van der Waals surface area (Å²) in [4.78, 5) is 12.2. The zero-order valence-electron chi connectivity index (χ0n) is 8.88. The molecule has 0 aliphatic heterocycles. The molecule has 0 aromatic rings. The molecule has 7 heteroatoms. The summed E-state index contributed by atoms with van der Waals surface area (Å²) in [6.07, 6.45) is -6.01. The fraction of sp³-hybridized carbons (Fsp3) is 0.778. The first-order valence-electron chi connectivity index (χ1n) is 4.61. The van der Waals surface area contributed by atoms with Gasteiger partial charge in [0.2, 0.25) is 5.91 Å². The summed E-state index contributed by atoms with van der Waals surface area (Å²) in [7, 11) is 1.39. The zero-order chi connectivity index (χ0) is 12.6. The van der Waals surface area contributed by atoms with Gasteiger partial charge in [0.05, 0.1) is 19.1 Å². The van der Waals surface area contributed by atoms with E-state index in [0.29, 0.717) is 0 Å². The minimum Gasteiger partial charge on any atom is -0.383 e. The van der Waals surface area contributed by atoms with Gasteiger partial charge < -0.3 is 9.64 Å². The first-order chi connectivity index (χ1) is 7.40. The van der Waals surface area contributed by atoms with Crippen molar-refractivity contribution in [3.8, 4) is 6.07 Å². The molecule has 0 rings (SSSR count). The van der Waals surface area contributed by atoms with E-state index >= 15 is 0 Å². The Balaban J connectivity index is 4.26. The molecule has 0 spiro atoms. The smallest absolute Gasteiger partial charge is 0.383 e. The summed E-state index contributed by atoms with van der Waals surface area (Å²) >= 11 is 0. The molecule has 0 aliphatic rings. The molecule has 0 aromatic heterocycles. The summed E-state index contributed by atoms with van der Waals surface area (Å²) in [6, 6.07) is 1.78. The Hall–Kier alpha value is -1.29. The first-order valence-corrected chi connectivity index (χ1v) is 4.61. The lowest BCUT2D eigenvalue weighted by molar-refractivity contribution is -0.161. The van der Waals surface area contributed by atoms with E-state index in [4.69, 9.17) is 5.26 Å². The van der Waals surface area contributed by atoms with Crippen molar-refractivity contribution in [2.24, 2.45) is 0 Å². The van der Waals surface area contributed by atoms with Crippen LogP contribution in [0.2, 0.25) is 0 Å². The predicted molar refractivity (Wildman–Crippen MR) is 49.4 cm³/mol. The van der Waals surface area contributed by atoms with E-state index in [-0.39, 0.29) is 26.1 Å². The lowest BCUT2D eigenvalue weighted by atomic mass is 10.3. The molecule has 1 amide bonds. The summed E-state index contributed by atoms with van der Waals surface area (Å²) in [5, 5.41) is 8.31. The Morgan fingerprint density at radius 2 is 2.06 bits per heavy atom. The second kappa shape index (κ2) is 7.06. The van der Waals surface area contributed by atoms with Gasteiger partial charge in [-0.25, -0.2) is 0 Å². The molecule has 92 valence electrons.